The van der Waals surface area contributed by atoms with Crippen molar-refractivity contribution in [3.63, 3.8) is 0 Å². The summed E-state index contributed by atoms with van der Waals surface area (Å²) in [7, 11) is 1.63. The predicted octanol–water partition coefficient (Wildman–Crippen LogP) is 3.22. The Kier molecular flexibility index (Phi) is 5.64. The molecule has 0 aliphatic carbocycles. The average molecular weight is 346 g/mol. The molecule has 1 aromatic carbocycles. The first-order chi connectivity index (χ1) is 12.0. The molecule has 0 radical (unpaired) electrons. The molecule has 1 aromatic rings. The van der Waals surface area contributed by atoms with Gasteiger partial charge >= 0.3 is 0 Å². The first-order valence-corrected chi connectivity index (χ1v) is 9.30. The molecule has 1 atom stereocenters. The Morgan fingerprint density at radius 3 is 2.56 bits per heavy atom. The van der Waals surface area contributed by atoms with Gasteiger partial charge in [-0.1, -0.05) is 6.07 Å². The highest BCUT2D eigenvalue weighted by Gasteiger charge is 2.38. The molecule has 1 N–H and O–H groups in total. The molecule has 5 heteroatoms. The number of aryl methyl sites for hydroxylation is 1. The summed E-state index contributed by atoms with van der Waals surface area (Å²) in [5, 5.41) is 3.04. The zero-order chi connectivity index (χ0) is 17.9. The average Bonchev–Trinajstić information content (AvgIpc) is 2.63. The van der Waals surface area contributed by atoms with E-state index in [1.807, 2.05) is 32.0 Å². The number of hydrogen-bond acceptors (Lipinski definition) is 4. The smallest absolute Gasteiger partial charge is 0.241 e. The Hall–Kier alpha value is -1.59. The second-order valence-electron chi connectivity index (χ2n) is 7.52. The standard InChI is InChI=1S/C20H30N2O3/c1-15-4-5-18(24-3)17(14-15)21-19(23)16(2)22-10-6-20(7-11-22)8-12-25-13-9-20/h4-5,14,16H,6-13H2,1-3H3,(H,21,23). The Morgan fingerprint density at radius 1 is 1.24 bits per heavy atom. The molecule has 1 spiro atoms. The van der Waals surface area contributed by atoms with Crippen LogP contribution >= 0.6 is 0 Å². The van der Waals surface area contributed by atoms with Crippen LogP contribution in [0.25, 0.3) is 0 Å². The first kappa shape index (κ1) is 18.2. The van der Waals surface area contributed by atoms with Crippen molar-refractivity contribution in [2.75, 3.05) is 38.7 Å². The van der Waals surface area contributed by atoms with Crippen molar-refractivity contribution < 1.29 is 14.3 Å². The van der Waals surface area contributed by atoms with Crippen molar-refractivity contribution in [3.8, 4) is 5.75 Å². The summed E-state index contributed by atoms with van der Waals surface area (Å²) in [6.07, 6.45) is 4.67. The largest absolute Gasteiger partial charge is 0.495 e. The lowest BCUT2D eigenvalue weighted by Crippen LogP contribution is -2.49. The van der Waals surface area contributed by atoms with Crippen LogP contribution in [0.4, 0.5) is 5.69 Å². The van der Waals surface area contributed by atoms with Gasteiger partial charge in [0.25, 0.3) is 0 Å². The molecule has 0 bridgehead atoms. The van der Waals surface area contributed by atoms with E-state index in [0.717, 1.165) is 37.6 Å². The predicted molar refractivity (Wildman–Crippen MR) is 99.1 cm³/mol. The second kappa shape index (κ2) is 7.75. The fourth-order valence-corrected chi connectivity index (χ4v) is 4.01. The zero-order valence-electron chi connectivity index (χ0n) is 15.6. The number of methoxy groups -OCH3 is 1. The van der Waals surface area contributed by atoms with Gasteiger partial charge in [-0.3, -0.25) is 9.69 Å². The van der Waals surface area contributed by atoms with Crippen LogP contribution in [0.2, 0.25) is 0 Å². The van der Waals surface area contributed by atoms with Crippen LogP contribution in [0.1, 0.15) is 38.2 Å². The highest BCUT2D eigenvalue weighted by molar-refractivity contribution is 5.95. The van der Waals surface area contributed by atoms with E-state index < -0.39 is 0 Å². The van der Waals surface area contributed by atoms with E-state index in [9.17, 15) is 4.79 Å². The highest BCUT2D eigenvalue weighted by Crippen LogP contribution is 2.41. The maximum atomic E-state index is 12.7. The third-order valence-electron chi connectivity index (χ3n) is 5.95. The summed E-state index contributed by atoms with van der Waals surface area (Å²) >= 11 is 0. The van der Waals surface area contributed by atoms with Gasteiger partial charge in [0.1, 0.15) is 5.75 Å². The van der Waals surface area contributed by atoms with Crippen molar-refractivity contribution in [1.29, 1.82) is 0 Å². The normalized spacial score (nSPS) is 21.7. The van der Waals surface area contributed by atoms with Crippen LogP contribution in [0.15, 0.2) is 18.2 Å². The molecule has 25 heavy (non-hydrogen) atoms. The Bertz CT molecular complexity index is 601. The van der Waals surface area contributed by atoms with Crippen LogP contribution in [0.5, 0.6) is 5.75 Å². The zero-order valence-corrected chi connectivity index (χ0v) is 15.6. The minimum Gasteiger partial charge on any atom is -0.495 e. The number of likely N-dealkylation sites (tertiary alicyclic amines) is 1. The maximum absolute atomic E-state index is 12.7. The number of hydrogen-bond donors (Lipinski definition) is 1. The lowest BCUT2D eigenvalue weighted by atomic mass is 9.72. The number of piperidine rings is 1. The molecule has 3 rings (SSSR count). The molecular weight excluding hydrogens is 316 g/mol. The Labute approximate surface area is 150 Å². The van der Waals surface area contributed by atoms with E-state index in [1.54, 1.807) is 7.11 Å². The van der Waals surface area contributed by atoms with E-state index in [2.05, 4.69) is 10.2 Å². The summed E-state index contributed by atoms with van der Waals surface area (Å²) in [6.45, 7) is 7.77. The van der Waals surface area contributed by atoms with E-state index in [0.29, 0.717) is 11.2 Å². The second-order valence-corrected chi connectivity index (χ2v) is 7.52. The molecule has 1 amide bonds. The highest BCUT2D eigenvalue weighted by atomic mass is 16.5. The van der Waals surface area contributed by atoms with E-state index in [4.69, 9.17) is 9.47 Å². The number of nitrogens with zero attached hydrogens (tertiary/aromatic N) is 1. The van der Waals surface area contributed by atoms with Gasteiger partial charge in [0, 0.05) is 13.2 Å². The Balaban J connectivity index is 1.59. The number of amides is 1. The van der Waals surface area contributed by atoms with Gasteiger partial charge in [-0.2, -0.15) is 0 Å². The SMILES string of the molecule is COc1ccc(C)cc1NC(=O)C(C)N1CCC2(CCOCC2)CC1. The fourth-order valence-electron chi connectivity index (χ4n) is 4.01. The quantitative estimate of drug-likeness (QED) is 0.909. The molecule has 138 valence electrons. The summed E-state index contributed by atoms with van der Waals surface area (Å²) in [4.78, 5) is 15.0. The molecule has 0 aromatic heterocycles. The number of nitrogens with one attached hydrogen (secondary N) is 1. The minimum absolute atomic E-state index is 0.0341. The number of ether oxygens (including phenoxy) is 2. The van der Waals surface area contributed by atoms with Crippen LogP contribution < -0.4 is 10.1 Å². The number of rotatable bonds is 4. The molecule has 5 nitrogen and oxygen atoms in total. The first-order valence-electron chi connectivity index (χ1n) is 9.30. The molecule has 0 saturated carbocycles. The summed E-state index contributed by atoms with van der Waals surface area (Å²) in [6, 6.07) is 5.69. The Morgan fingerprint density at radius 2 is 1.92 bits per heavy atom. The van der Waals surface area contributed by atoms with E-state index >= 15 is 0 Å². The van der Waals surface area contributed by atoms with Crippen molar-refractivity contribution >= 4 is 11.6 Å². The van der Waals surface area contributed by atoms with Crippen LogP contribution in [-0.4, -0.2) is 50.3 Å². The monoisotopic (exact) mass is 346 g/mol. The lowest BCUT2D eigenvalue weighted by Gasteiger charge is -2.45. The molecule has 2 aliphatic heterocycles. The van der Waals surface area contributed by atoms with E-state index in [1.165, 1.54) is 25.7 Å². The minimum atomic E-state index is -0.137. The molecule has 1 unspecified atom stereocenters. The number of benzene rings is 1. The van der Waals surface area contributed by atoms with Crippen LogP contribution in [0.3, 0.4) is 0 Å². The van der Waals surface area contributed by atoms with Gasteiger partial charge in [0.05, 0.1) is 18.8 Å². The van der Waals surface area contributed by atoms with Crippen molar-refractivity contribution in [3.05, 3.63) is 23.8 Å². The van der Waals surface area contributed by atoms with Crippen LogP contribution in [0, 0.1) is 12.3 Å². The third-order valence-corrected chi connectivity index (χ3v) is 5.95. The van der Waals surface area contributed by atoms with Crippen molar-refractivity contribution in [1.82, 2.24) is 4.90 Å². The maximum Gasteiger partial charge on any atom is 0.241 e. The molecule has 2 saturated heterocycles. The molecule has 2 fully saturated rings. The molecule has 2 heterocycles. The van der Waals surface area contributed by atoms with Gasteiger partial charge in [-0.25, -0.2) is 0 Å². The summed E-state index contributed by atoms with van der Waals surface area (Å²) in [5.41, 5.74) is 2.30. The van der Waals surface area contributed by atoms with Gasteiger partial charge in [0.15, 0.2) is 0 Å². The molecular formula is C20H30N2O3. The summed E-state index contributed by atoms with van der Waals surface area (Å²) < 4.78 is 10.9. The lowest BCUT2D eigenvalue weighted by molar-refractivity contribution is -0.122. The van der Waals surface area contributed by atoms with Gasteiger partial charge in [-0.15, -0.1) is 0 Å². The number of anilines is 1. The summed E-state index contributed by atoms with van der Waals surface area (Å²) in [5.74, 6) is 0.734. The fraction of sp³-hybridized carbons (Fsp3) is 0.650. The van der Waals surface area contributed by atoms with Crippen molar-refractivity contribution in [2.24, 2.45) is 5.41 Å². The molecule has 2 aliphatic rings. The van der Waals surface area contributed by atoms with Crippen molar-refractivity contribution in [2.45, 2.75) is 45.6 Å². The van der Waals surface area contributed by atoms with Gasteiger partial charge < -0.3 is 14.8 Å². The van der Waals surface area contributed by atoms with Crippen LogP contribution in [-0.2, 0) is 9.53 Å². The third kappa shape index (κ3) is 4.15. The van der Waals surface area contributed by atoms with Gasteiger partial charge in [-0.05, 0) is 75.7 Å². The topological polar surface area (TPSA) is 50.8 Å². The van der Waals surface area contributed by atoms with Gasteiger partial charge in [0.2, 0.25) is 5.91 Å². The number of carbonyl (C=O) groups excluding carboxylic acids is 1. The number of carbonyl (C=O) groups is 1. The van der Waals surface area contributed by atoms with E-state index in [-0.39, 0.29) is 11.9 Å².